The third-order valence-electron chi connectivity index (χ3n) is 3.19. The van der Waals surface area contributed by atoms with Gasteiger partial charge in [-0.05, 0) is 47.1 Å². The quantitative estimate of drug-likeness (QED) is 0.875. The molecule has 2 N–H and O–H groups in total. The van der Waals surface area contributed by atoms with Crippen LogP contribution in [-0.4, -0.2) is 24.0 Å². The van der Waals surface area contributed by atoms with Crippen LogP contribution in [0.1, 0.15) is 16.1 Å². The van der Waals surface area contributed by atoms with Gasteiger partial charge in [-0.25, -0.2) is 4.98 Å². The second-order valence-electron chi connectivity index (χ2n) is 4.68. The minimum atomic E-state index is -0.232. The standard InChI is InChI=1S/C15H14BrN3O2/c1-9-11(16)5-6-13(18-9)19-15(20)10-3-2-4-12-14(10)21-8-7-17-12/h2-6,17H,7-8H2,1H3,(H,18,19,20). The molecule has 6 heteroatoms. The Morgan fingerprint density at radius 2 is 2.24 bits per heavy atom. The molecule has 0 aliphatic carbocycles. The summed E-state index contributed by atoms with van der Waals surface area (Å²) in [4.78, 5) is 16.7. The van der Waals surface area contributed by atoms with Crippen molar-refractivity contribution in [2.75, 3.05) is 23.8 Å². The smallest absolute Gasteiger partial charge is 0.260 e. The number of aryl methyl sites for hydroxylation is 1. The van der Waals surface area contributed by atoms with Gasteiger partial charge in [-0.1, -0.05) is 6.07 Å². The molecule has 0 unspecified atom stereocenters. The van der Waals surface area contributed by atoms with Gasteiger partial charge in [0.05, 0.1) is 16.9 Å². The maximum absolute atomic E-state index is 12.4. The molecule has 2 heterocycles. The lowest BCUT2D eigenvalue weighted by Crippen LogP contribution is -2.22. The molecule has 0 fully saturated rings. The van der Waals surface area contributed by atoms with E-state index in [1.54, 1.807) is 12.1 Å². The monoisotopic (exact) mass is 347 g/mol. The van der Waals surface area contributed by atoms with Crippen LogP contribution in [0.5, 0.6) is 5.75 Å². The number of hydrogen-bond donors (Lipinski definition) is 2. The highest BCUT2D eigenvalue weighted by molar-refractivity contribution is 9.10. The number of amides is 1. The molecule has 5 nitrogen and oxygen atoms in total. The van der Waals surface area contributed by atoms with Crippen molar-refractivity contribution in [1.82, 2.24) is 4.98 Å². The van der Waals surface area contributed by atoms with Crippen LogP contribution in [0, 0.1) is 6.92 Å². The van der Waals surface area contributed by atoms with Gasteiger partial charge in [-0.2, -0.15) is 0 Å². The maximum Gasteiger partial charge on any atom is 0.260 e. The third-order valence-corrected chi connectivity index (χ3v) is 4.02. The van der Waals surface area contributed by atoms with Gasteiger partial charge < -0.3 is 15.4 Å². The SMILES string of the molecule is Cc1nc(NC(=O)c2cccc3c2OCCN3)ccc1Br. The van der Waals surface area contributed by atoms with Crippen molar-refractivity contribution in [3.8, 4) is 5.75 Å². The highest BCUT2D eigenvalue weighted by Crippen LogP contribution is 2.31. The second-order valence-corrected chi connectivity index (χ2v) is 5.53. The number of benzene rings is 1. The second kappa shape index (κ2) is 5.73. The van der Waals surface area contributed by atoms with Crippen LogP contribution in [0.3, 0.4) is 0 Å². The van der Waals surface area contributed by atoms with Crippen LogP contribution in [0.2, 0.25) is 0 Å². The number of anilines is 2. The number of ether oxygens (including phenoxy) is 1. The van der Waals surface area contributed by atoms with Crippen molar-refractivity contribution < 1.29 is 9.53 Å². The first kappa shape index (κ1) is 13.9. The van der Waals surface area contributed by atoms with Crippen LogP contribution in [-0.2, 0) is 0 Å². The molecule has 0 saturated heterocycles. The van der Waals surface area contributed by atoms with E-state index >= 15 is 0 Å². The molecule has 2 aromatic rings. The number of halogens is 1. The van der Waals surface area contributed by atoms with E-state index in [0.717, 1.165) is 22.4 Å². The Bertz CT molecular complexity index is 703. The lowest BCUT2D eigenvalue weighted by atomic mass is 10.1. The van der Waals surface area contributed by atoms with Crippen LogP contribution in [0.4, 0.5) is 11.5 Å². The molecule has 1 aromatic heterocycles. The van der Waals surface area contributed by atoms with Crippen LogP contribution in [0.25, 0.3) is 0 Å². The summed E-state index contributed by atoms with van der Waals surface area (Å²) in [6.45, 7) is 3.16. The van der Waals surface area contributed by atoms with Crippen molar-refractivity contribution in [2.45, 2.75) is 6.92 Å². The zero-order valence-corrected chi connectivity index (χ0v) is 13.0. The van der Waals surface area contributed by atoms with E-state index in [4.69, 9.17) is 4.74 Å². The van der Waals surface area contributed by atoms with Gasteiger partial charge in [-0.3, -0.25) is 4.79 Å². The number of carbonyl (C=O) groups is 1. The Morgan fingerprint density at radius 1 is 1.38 bits per heavy atom. The summed E-state index contributed by atoms with van der Waals surface area (Å²) in [6.07, 6.45) is 0. The van der Waals surface area contributed by atoms with Crippen molar-refractivity contribution in [3.05, 3.63) is 46.1 Å². The average molecular weight is 348 g/mol. The summed E-state index contributed by atoms with van der Waals surface area (Å²) in [5.74, 6) is 0.877. The van der Waals surface area contributed by atoms with E-state index in [9.17, 15) is 4.79 Å². The molecular weight excluding hydrogens is 334 g/mol. The van der Waals surface area contributed by atoms with Gasteiger partial charge in [0.15, 0.2) is 5.75 Å². The van der Waals surface area contributed by atoms with E-state index in [-0.39, 0.29) is 5.91 Å². The molecule has 108 valence electrons. The predicted octanol–water partition coefficient (Wildman–Crippen LogP) is 3.21. The fourth-order valence-electron chi connectivity index (χ4n) is 2.15. The van der Waals surface area contributed by atoms with Crippen molar-refractivity contribution in [3.63, 3.8) is 0 Å². The molecule has 0 spiro atoms. The lowest BCUT2D eigenvalue weighted by molar-refractivity contribution is 0.102. The summed E-state index contributed by atoms with van der Waals surface area (Å²) in [6, 6.07) is 9.08. The maximum atomic E-state index is 12.4. The first-order chi connectivity index (χ1) is 10.1. The molecule has 21 heavy (non-hydrogen) atoms. The molecule has 0 atom stereocenters. The molecule has 1 amide bonds. The number of hydrogen-bond acceptors (Lipinski definition) is 4. The first-order valence-corrected chi connectivity index (χ1v) is 7.38. The van der Waals surface area contributed by atoms with Gasteiger partial charge in [0.25, 0.3) is 5.91 Å². The highest BCUT2D eigenvalue weighted by atomic mass is 79.9. The molecule has 3 rings (SSSR count). The Balaban J connectivity index is 1.87. The van der Waals surface area contributed by atoms with E-state index in [0.29, 0.717) is 23.7 Å². The number of nitrogens with one attached hydrogen (secondary N) is 2. The number of fused-ring (bicyclic) bond motifs is 1. The largest absolute Gasteiger partial charge is 0.489 e. The van der Waals surface area contributed by atoms with Gasteiger partial charge >= 0.3 is 0 Å². The summed E-state index contributed by atoms with van der Waals surface area (Å²) in [7, 11) is 0. The van der Waals surface area contributed by atoms with Gasteiger partial charge in [0, 0.05) is 11.0 Å². The molecule has 0 bridgehead atoms. The zero-order valence-electron chi connectivity index (χ0n) is 11.4. The average Bonchev–Trinajstić information content (AvgIpc) is 2.50. The molecule has 0 saturated carbocycles. The summed E-state index contributed by atoms with van der Waals surface area (Å²) in [5, 5.41) is 6.01. The van der Waals surface area contributed by atoms with Crippen molar-refractivity contribution >= 4 is 33.3 Å². The minimum absolute atomic E-state index is 0.232. The van der Waals surface area contributed by atoms with Crippen molar-refractivity contribution in [2.24, 2.45) is 0 Å². The molecular formula is C15H14BrN3O2. The minimum Gasteiger partial charge on any atom is -0.489 e. The fourth-order valence-corrected chi connectivity index (χ4v) is 2.37. The molecule has 0 radical (unpaired) electrons. The third kappa shape index (κ3) is 2.85. The summed E-state index contributed by atoms with van der Waals surface area (Å²) in [5.41, 5.74) is 2.16. The van der Waals surface area contributed by atoms with Gasteiger partial charge in [-0.15, -0.1) is 0 Å². The normalized spacial score (nSPS) is 12.9. The first-order valence-electron chi connectivity index (χ1n) is 6.59. The van der Waals surface area contributed by atoms with E-state index in [1.807, 2.05) is 25.1 Å². The number of aromatic nitrogens is 1. The number of pyridine rings is 1. The lowest BCUT2D eigenvalue weighted by Gasteiger charge is -2.21. The summed E-state index contributed by atoms with van der Waals surface area (Å²) < 4.78 is 6.51. The molecule has 1 aliphatic rings. The Hall–Kier alpha value is -2.08. The summed E-state index contributed by atoms with van der Waals surface area (Å²) >= 11 is 3.39. The van der Waals surface area contributed by atoms with Gasteiger partial charge in [0.2, 0.25) is 0 Å². The zero-order chi connectivity index (χ0) is 14.8. The fraction of sp³-hybridized carbons (Fsp3) is 0.200. The van der Waals surface area contributed by atoms with Gasteiger partial charge in [0.1, 0.15) is 12.4 Å². The van der Waals surface area contributed by atoms with Crippen molar-refractivity contribution in [1.29, 1.82) is 0 Å². The van der Waals surface area contributed by atoms with Crippen LogP contribution < -0.4 is 15.4 Å². The number of carbonyl (C=O) groups excluding carboxylic acids is 1. The number of nitrogens with zero attached hydrogens (tertiary/aromatic N) is 1. The van der Waals surface area contributed by atoms with Crippen LogP contribution in [0.15, 0.2) is 34.8 Å². The number of para-hydroxylation sites is 1. The Kier molecular flexibility index (Phi) is 3.79. The predicted molar refractivity (Wildman–Crippen MR) is 85.1 cm³/mol. The molecule has 1 aliphatic heterocycles. The van der Waals surface area contributed by atoms with Crippen LogP contribution >= 0.6 is 15.9 Å². The van der Waals surface area contributed by atoms with E-state index < -0.39 is 0 Å². The Labute approximate surface area is 130 Å². The van der Waals surface area contributed by atoms with E-state index in [2.05, 4.69) is 31.5 Å². The Morgan fingerprint density at radius 3 is 3.05 bits per heavy atom. The topological polar surface area (TPSA) is 63.2 Å². The number of rotatable bonds is 2. The highest BCUT2D eigenvalue weighted by Gasteiger charge is 2.19. The molecule has 1 aromatic carbocycles. The van der Waals surface area contributed by atoms with E-state index in [1.165, 1.54) is 0 Å².